The van der Waals surface area contributed by atoms with Gasteiger partial charge in [0.1, 0.15) is 11.5 Å². The van der Waals surface area contributed by atoms with Crippen LogP contribution in [0.3, 0.4) is 0 Å². The number of phenolic OH excluding ortho intramolecular Hbond substituents is 2. The molecule has 0 aliphatic rings. The van der Waals surface area contributed by atoms with Crippen LogP contribution in [0.5, 0.6) is 11.5 Å². The summed E-state index contributed by atoms with van der Waals surface area (Å²) < 4.78 is 0. The van der Waals surface area contributed by atoms with Crippen LogP contribution in [0, 0.1) is 0 Å². The van der Waals surface area contributed by atoms with Gasteiger partial charge in [-0.1, -0.05) is 54.1 Å². The van der Waals surface area contributed by atoms with E-state index in [1.54, 1.807) is 54.9 Å². The van der Waals surface area contributed by atoms with Gasteiger partial charge in [0.05, 0.1) is 0 Å². The lowest BCUT2D eigenvalue weighted by Gasteiger charge is -2.10. The Labute approximate surface area is 156 Å². The van der Waals surface area contributed by atoms with Crippen LogP contribution in [-0.4, -0.2) is 22.6 Å². The Morgan fingerprint density at radius 1 is 0.692 bits per heavy atom. The lowest BCUT2D eigenvalue weighted by atomic mass is 10.1. The van der Waals surface area contributed by atoms with Crippen LogP contribution in [0.1, 0.15) is 22.9 Å². The molecule has 5 heteroatoms. The summed E-state index contributed by atoms with van der Waals surface area (Å²) in [7, 11) is 0. The Balaban J connectivity index is 1.96. The van der Waals surface area contributed by atoms with Gasteiger partial charge in [-0.05, 0) is 30.3 Å². The minimum absolute atomic E-state index is 0.138. The molecule has 0 amide bonds. The van der Waals surface area contributed by atoms with Crippen molar-refractivity contribution in [2.75, 3.05) is 0 Å². The SMILES string of the molecule is Oc1ccccc1/C=N/C(/N=C/c1ccccc1O)c1ccccc1Cl. The van der Waals surface area contributed by atoms with Gasteiger partial charge in [0, 0.05) is 34.1 Å². The molecule has 130 valence electrons. The Kier molecular flexibility index (Phi) is 5.66. The molecule has 0 aliphatic heterocycles. The fourth-order valence-electron chi connectivity index (χ4n) is 2.38. The van der Waals surface area contributed by atoms with Gasteiger partial charge in [0.25, 0.3) is 0 Å². The summed E-state index contributed by atoms with van der Waals surface area (Å²) in [5.74, 6) is 0.276. The van der Waals surface area contributed by atoms with Crippen molar-refractivity contribution in [2.45, 2.75) is 6.17 Å². The smallest absolute Gasteiger partial charge is 0.166 e. The first-order valence-corrected chi connectivity index (χ1v) is 8.40. The predicted octanol–water partition coefficient (Wildman–Crippen LogP) is 4.99. The molecule has 0 spiro atoms. The van der Waals surface area contributed by atoms with Crippen LogP contribution in [0.2, 0.25) is 5.02 Å². The number of rotatable bonds is 5. The highest BCUT2D eigenvalue weighted by molar-refractivity contribution is 6.31. The first-order chi connectivity index (χ1) is 12.6. The van der Waals surface area contributed by atoms with Crippen LogP contribution in [0.25, 0.3) is 0 Å². The zero-order chi connectivity index (χ0) is 18.4. The maximum absolute atomic E-state index is 9.90. The molecule has 0 aromatic heterocycles. The van der Waals surface area contributed by atoms with Gasteiger partial charge >= 0.3 is 0 Å². The van der Waals surface area contributed by atoms with Gasteiger partial charge in [0.15, 0.2) is 6.17 Å². The Morgan fingerprint density at radius 3 is 1.65 bits per heavy atom. The lowest BCUT2D eigenvalue weighted by Crippen LogP contribution is -1.96. The summed E-state index contributed by atoms with van der Waals surface area (Å²) in [5.41, 5.74) is 1.90. The number of nitrogens with zero attached hydrogens (tertiary/aromatic N) is 2. The standard InChI is InChI=1S/C21H17ClN2O2/c22-18-10-4-3-9-17(18)21(23-13-15-7-1-5-11-19(15)25)24-14-16-8-2-6-12-20(16)26/h1-14,21,25-26H/b23-13+,24-14+. The van der Waals surface area contributed by atoms with Crippen LogP contribution in [-0.2, 0) is 0 Å². The van der Waals surface area contributed by atoms with Crippen LogP contribution in [0.4, 0.5) is 0 Å². The summed E-state index contributed by atoms with van der Waals surface area (Å²) in [4.78, 5) is 8.96. The number of para-hydroxylation sites is 2. The number of phenols is 2. The number of aromatic hydroxyl groups is 2. The van der Waals surface area contributed by atoms with E-state index < -0.39 is 6.17 Å². The van der Waals surface area contributed by atoms with Crippen LogP contribution >= 0.6 is 11.6 Å². The zero-order valence-electron chi connectivity index (χ0n) is 13.8. The monoisotopic (exact) mass is 364 g/mol. The molecule has 3 aromatic rings. The van der Waals surface area contributed by atoms with Gasteiger partial charge in [0.2, 0.25) is 0 Å². The van der Waals surface area contributed by atoms with Crippen molar-refractivity contribution in [3.63, 3.8) is 0 Å². The normalized spacial score (nSPS) is 11.6. The molecule has 0 saturated carbocycles. The highest BCUT2D eigenvalue weighted by atomic mass is 35.5. The molecular formula is C21H17ClN2O2. The molecule has 26 heavy (non-hydrogen) atoms. The minimum atomic E-state index is -0.608. The Bertz CT molecular complexity index is 899. The highest BCUT2D eigenvalue weighted by Crippen LogP contribution is 2.27. The highest BCUT2D eigenvalue weighted by Gasteiger charge is 2.11. The van der Waals surface area contributed by atoms with Crippen molar-refractivity contribution in [2.24, 2.45) is 9.98 Å². The van der Waals surface area contributed by atoms with E-state index in [1.165, 1.54) is 0 Å². The first-order valence-electron chi connectivity index (χ1n) is 8.02. The molecule has 0 unspecified atom stereocenters. The number of halogens is 1. The average Bonchev–Trinajstić information content (AvgIpc) is 2.65. The summed E-state index contributed by atoms with van der Waals surface area (Å²) in [6.45, 7) is 0. The second-order valence-corrected chi connectivity index (χ2v) is 5.98. The Morgan fingerprint density at radius 2 is 1.15 bits per heavy atom. The fourth-order valence-corrected chi connectivity index (χ4v) is 2.61. The number of hydrogen-bond acceptors (Lipinski definition) is 4. The molecule has 4 nitrogen and oxygen atoms in total. The lowest BCUT2D eigenvalue weighted by molar-refractivity contribution is 0.474. The first kappa shape index (κ1) is 17.7. The number of hydrogen-bond donors (Lipinski definition) is 2. The molecule has 3 rings (SSSR count). The molecule has 0 radical (unpaired) electrons. The van der Waals surface area contributed by atoms with Crippen molar-refractivity contribution in [3.05, 3.63) is 94.5 Å². The fraction of sp³-hybridized carbons (Fsp3) is 0.0476. The molecule has 0 heterocycles. The maximum Gasteiger partial charge on any atom is 0.166 e. The van der Waals surface area contributed by atoms with Crippen molar-refractivity contribution in [1.82, 2.24) is 0 Å². The molecule has 2 N–H and O–H groups in total. The van der Waals surface area contributed by atoms with Gasteiger partial charge in [-0.3, -0.25) is 9.98 Å². The van der Waals surface area contributed by atoms with Gasteiger partial charge < -0.3 is 10.2 Å². The molecule has 0 saturated heterocycles. The largest absolute Gasteiger partial charge is 0.507 e. The quantitative estimate of drug-likeness (QED) is 0.626. The van der Waals surface area contributed by atoms with Gasteiger partial charge in [-0.15, -0.1) is 0 Å². The summed E-state index contributed by atoms with van der Waals surface area (Å²) in [6.07, 6.45) is 2.51. The van der Waals surface area contributed by atoms with E-state index in [1.807, 2.05) is 30.3 Å². The third-order valence-electron chi connectivity index (χ3n) is 3.77. The molecule has 0 bridgehead atoms. The van der Waals surface area contributed by atoms with Crippen molar-refractivity contribution < 1.29 is 10.2 Å². The summed E-state index contributed by atoms with van der Waals surface area (Å²) in [6, 6.07) is 21.1. The minimum Gasteiger partial charge on any atom is -0.507 e. The predicted molar refractivity (Wildman–Crippen MR) is 106 cm³/mol. The van der Waals surface area contributed by atoms with Crippen molar-refractivity contribution in [3.8, 4) is 11.5 Å². The van der Waals surface area contributed by atoms with Gasteiger partial charge in [-0.2, -0.15) is 0 Å². The van der Waals surface area contributed by atoms with Crippen molar-refractivity contribution in [1.29, 1.82) is 0 Å². The molecule has 0 atom stereocenters. The average molecular weight is 365 g/mol. The summed E-state index contributed by atoms with van der Waals surface area (Å²) >= 11 is 6.30. The molecule has 3 aromatic carbocycles. The molecular weight excluding hydrogens is 348 g/mol. The molecule has 0 aliphatic carbocycles. The van der Waals surface area contributed by atoms with E-state index >= 15 is 0 Å². The van der Waals surface area contributed by atoms with Crippen LogP contribution in [0.15, 0.2) is 82.8 Å². The van der Waals surface area contributed by atoms with Crippen molar-refractivity contribution >= 4 is 24.0 Å². The van der Waals surface area contributed by atoms with E-state index in [9.17, 15) is 10.2 Å². The Hall–Kier alpha value is -3.11. The maximum atomic E-state index is 9.90. The van der Waals surface area contributed by atoms with Crippen LogP contribution < -0.4 is 0 Å². The van der Waals surface area contributed by atoms with E-state index in [4.69, 9.17) is 11.6 Å². The third kappa shape index (κ3) is 4.29. The summed E-state index contributed by atoms with van der Waals surface area (Å²) in [5, 5.41) is 20.4. The second-order valence-electron chi connectivity index (χ2n) is 5.57. The van der Waals surface area contributed by atoms with E-state index in [0.29, 0.717) is 16.1 Å². The number of aliphatic imine (C=N–C) groups is 2. The number of benzene rings is 3. The van der Waals surface area contributed by atoms with Gasteiger partial charge in [-0.25, -0.2) is 0 Å². The molecule has 0 fully saturated rings. The van der Waals surface area contributed by atoms with E-state index in [0.717, 1.165) is 5.56 Å². The zero-order valence-corrected chi connectivity index (χ0v) is 14.6. The second kappa shape index (κ2) is 8.32. The van der Waals surface area contributed by atoms with E-state index in [-0.39, 0.29) is 11.5 Å². The third-order valence-corrected chi connectivity index (χ3v) is 4.11. The van der Waals surface area contributed by atoms with E-state index in [2.05, 4.69) is 9.98 Å². The topological polar surface area (TPSA) is 65.2 Å².